The van der Waals surface area contributed by atoms with Gasteiger partial charge >= 0.3 is 0 Å². The van der Waals surface area contributed by atoms with Crippen LogP contribution in [0.15, 0.2) is 65.8 Å². The van der Waals surface area contributed by atoms with Gasteiger partial charge in [0.1, 0.15) is 11.4 Å². The zero-order valence-electron chi connectivity index (χ0n) is 14.0. The lowest BCUT2D eigenvalue weighted by Crippen LogP contribution is -2.19. The molecule has 0 spiro atoms. The lowest BCUT2D eigenvalue weighted by atomic mass is 10.1. The molecule has 3 aromatic rings. The molecule has 0 aliphatic heterocycles. The van der Waals surface area contributed by atoms with Gasteiger partial charge in [0.2, 0.25) is 0 Å². The van der Waals surface area contributed by atoms with Crippen molar-refractivity contribution >= 4 is 11.6 Å². The second-order valence-corrected chi connectivity index (χ2v) is 5.40. The Morgan fingerprint density at radius 2 is 1.84 bits per heavy atom. The Morgan fingerprint density at radius 1 is 1.12 bits per heavy atom. The number of amides is 1. The molecule has 3 rings (SSSR count). The van der Waals surface area contributed by atoms with E-state index in [1.165, 1.54) is 0 Å². The van der Waals surface area contributed by atoms with Crippen molar-refractivity contribution in [2.75, 3.05) is 7.11 Å². The van der Waals surface area contributed by atoms with Gasteiger partial charge in [-0.25, -0.2) is 5.43 Å². The van der Waals surface area contributed by atoms with Gasteiger partial charge in [0.25, 0.3) is 5.91 Å². The van der Waals surface area contributed by atoms with Gasteiger partial charge in [0.15, 0.2) is 0 Å². The first kappa shape index (κ1) is 16.4. The van der Waals surface area contributed by atoms with Crippen LogP contribution in [-0.4, -0.2) is 28.9 Å². The fraction of sp³-hybridized carbons (Fsp3) is 0.105. The van der Waals surface area contributed by atoms with Crippen LogP contribution in [0, 0.1) is 0 Å². The summed E-state index contributed by atoms with van der Waals surface area (Å²) < 4.78 is 5.13. The summed E-state index contributed by atoms with van der Waals surface area (Å²) in [5.74, 6) is 0.422. The minimum absolute atomic E-state index is 0.343. The largest absolute Gasteiger partial charge is 0.497 e. The topological polar surface area (TPSA) is 79.4 Å². The predicted octanol–water partition coefficient (Wildman–Crippen LogP) is 3.24. The first-order valence-corrected chi connectivity index (χ1v) is 7.77. The Hall–Kier alpha value is -3.41. The number of H-pyrrole nitrogens is 1. The highest BCUT2D eigenvalue weighted by Crippen LogP contribution is 2.21. The van der Waals surface area contributed by atoms with Gasteiger partial charge in [0.05, 0.1) is 18.5 Å². The Bertz CT molecular complexity index is 883. The van der Waals surface area contributed by atoms with Gasteiger partial charge in [-0.05, 0) is 42.8 Å². The van der Waals surface area contributed by atoms with E-state index in [0.29, 0.717) is 11.4 Å². The average molecular weight is 334 g/mol. The quantitative estimate of drug-likeness (QED) is 0.555. The molecule has 0 atom stereocenters. The van der Waals surface area contributed by atoms with Gasteiger partial charge in [-0.3, -0.25) is 9.89 Å². The highest BCUT2D eigenvalue weighted by molar-refractivity contribution is 6.00. The molecule has 25 heavy (non-hydrogen) atoms. The van der Waals surface area contributed by atoms with E-state index in [2.05, 4.69) is 20.7 Å². The minimum atomic E-state index is -0.345. The van der Waals surface area contributed by atoms with Crippen molar-refractivity contribution in [3.05, 3.63) is 71.9 Å². The summed E-state index contributed by atoms with van der Waals surface area (Å²) in [6.45, 7) is 1.84. The van der Waals surface area contributed by atoms with Crippen molar-refractivity contribution in [2.45, 2.75) is 6.92 Å². The molecule has 1 amide bonds. The molecule has 1 aromatic heterocycles. The maximum atomic E-state index is 12.2. The predicted molar refractivity (Wildman–Crippen MR) is 96.7 cm³/mol. The fourth-order valence-corrected chi connectivity index (χ4v) is 2.29. The second kappa shape index (κ2) is 7.44. The highest BCUT2D eigenvalue weighted by Gasteiger charge is 2.11. The fourth-order valence-electron chi connectivity index (χ4n) is 2.29. The molecule has 0 saturated carbocycles. The molecule has 0 bridgehead atoms. The number of benzene rings is 2. The van der Waals surface area contributed by atoms with Crippen molar-refractivity contribution < 1.29 is 9.53 Å². The molecule has 0 radical (unpaired) electrons. The van der Waals surface area contributed by atoms with Gasteiger partial charge in [-0.2, -0.15) is 10.2 Å². The monoisotopic (exact) mass is 334 g/mol. The molecular weight excluding hydrogens is 316 g/mol. The smallest absolute Gasteiger partial charge is 0.289 e. The van der Waals surface area contributed by atoms with Crippen molar-refractivity contribution in [2.24, 2.45) is 5.10 Å². The first-order valence-electron chi connectivity index (χ1n) is 7.77. The van der Waals surface area contributed by atoms with Crippen LogP contribution in [0.2, 0.25) is 0 Å². The number of carbonyl (C=O) groups excluding carboxylic acids is 1. The zero-order chi connectivity index (χ0) is 17.6. The Balaban J connectivity index is 1.70. The number of ether oxygens (including phenoxy) is 1. The lowest BCUT2D eigenvalue weighted by molar-refractivity contribution is 0.0950. The molecule has 2 N–H and O–H groups in total. The first-order chi connectivity index (χ1) is 12.2. The number of methoxy groups -OCH3 is 1. The standard InChI is InChI=1S/C19H18N4O2/c1-13(14-6-4-3-5-7-14)20-23-19(24)18-12-17(21-22-18)15-8-10-16(25-2)11-9-15/h3-12H,1-2H3,(H,21,22)(H,23,24)/b20-13-. The summed E-state index contributed by atoms with van der Waals surface area (Å²) >= 11 is 0. The number of nitrogens with zero attached hydrogens (tertiary/aromatic N) is 2. The third-order valence-corrected chi connectivity index (χ3v) is 3.72. The highest BCUT2D eigenvalue weighted by atomic mass is 16.5. The number of hydrogen-bond donors (Lipinski definition) is 2. The SMILES string of the molecule is COc1ccc(-c2cc(C(=O)N/N=C(/C)c3ccccc3)[nH]n2)cc1. The minimum Gasteiger partial charge on any atom is -0.497 e. The van der Waals surface area contributed by atoms with Crippen LogP contribution in [0.3, 0.4) is 0 Å². The van der Waals surface area contributed by atoms with E-state index in [-0.39, 0.29) is 5.91 Å². The Morgan fingerprint density at radius 3 is 2.52 bits per heavy atom. The summed E-state index contributed by atoms with van der Waals surface area (Å²) in [5, 5.41) is 11.0. The van der Waals surface area contributed by atoms with Crippen LogP contribution in [0.4, 0.5) is 0 Å². The maximum Gasteiger partial charge on any atom is 0.289 e. The molecule has 0 saturated heterocycles. The zero-order valence-corrected chi connectivity index (χ0v) is 14.0. The van der Waals surface area contributed by atoms with Crippen molar-refractivity contribution in [1.29, 1.82) is 0 Å². The summed E-state index contributed by atoms with van der Waals surface area (Å²) in [6, 6.07) is 18.8. The van der Waals surface area contributed by atoms with Gasteiger partial charge in [-0.1, -0.05) is 30.3 Å². The van der Waals surface area contributed by atoms with E-state index in [9.17, 15) is 4.79 Å². The summed E-state index contributed by atoms with van der Waals surface area (Å²) in [5.41, 5.74) is 6.12. The Kier molecular flexibility index (Phi) is 4.89. The molecular formula is C19H18N4O2. The number of aromatic amines is 1. The normalized spacial score (nSPS) is 11.2. The third kappa shape index (κ3) is 3.92. The van der Waals surface area contributed by atoms with Crippen molar-refractivity contribution in [3.8, 4) is 17.0 Å². The number of hydrogen-bond acceptors (Lipinski definition) is 4. The summed E-state index contributed by atoms with van der Waals surface area (Å²) in [6.07, 6.45) is 0. The summed E-state index contributed by atoms with van der Waals surface area (Å²) in [4.78, 5) is 12.2. The van der Waals surface area contributed by atoms with Gasteiger partial charge in [0, 0.05) is 5.56 Å². The lowest BCUT2D eigenvalue weighted by Gasteiger charge is -2.01. The summed E-state index contributed by atoms with van der Waals surface area (Å²) in [7, 11) is 1.62. The van der Waals surface area contributed by atoms with Crippen LogP contribution in [0.1, 0.15) is 23.0 Å². The number of carbonyl (C=O) groups is 1. The molecule has 0 unspecified atom stereocenters. The maximum absolute atomic E-state index is 12.2. The van der Waals surface area contributed by atoms with Crippen LogP contribution in [0.5, 0.6) is 5.75 Å². The van der Waals surface area contributed by atoms with Crippen molar-refractivity contribution in [1.82, 2.24) is 15.6 Å². The van der Waals surface area contributed by atoms with Gasteiger partial charge in [-0.15, -0.1) is 0 Å². The van der Waals surface area contributed by atoms with Crippen LogP contribution in [-0.2, 0) is 0 Å². The molecule has 0 aliphatic rings. The molecule has 0 aliphatic carbocycles. The van der Waals surface area contributed by atoms with E-state index in [0.717, 1.165) is 22.6 Å². The second-order valence-electron chi connectivity index (χ2n) is 5.40. The number of hydrazone groups is 1. The molecule has 6 heteroatoms. The van der Waals surface area contributed by atoms with E-state index < -0.39 is 0 Å². The van der Waals surface area contributed by atoms with Crippen LogP contribution >= 0.6 is 0 Å². The average Bonchev–Trinajstić information content (AvgIpc) is 3.17. The van der Waals surface area contributed by atoms with Crippen LogP contribution in [0.25, 0.3) is 11.3 Å². The molecule has 2 aromatic carbocycles. The molecule has 1 heterocycles. The number of nitrogens with one attached hydrogen (secondary N) is 2. The van der Waals surface area contributed by atoms with E-state index >= 15 is 0 Å². The Labute approximate surface area is 145 Å². The number of rotatable bonds is 5. The van der Waals surface area contributed by atoms with E-state index in [4.69, 9.17) is 4.74 Å². The van der Waals surface area contributed by atoms with E-state index in [1.54, 1.807) is 13.2 Å². The third-order valence-electron chi connectivity index (χ3n) is 3.72. The number of aromatic nitrogens is 2. The molecule has 6 nitrogen and oxygen atoms in total. The van der Waals surface area contributed by atoms with Crippen molar-refractivity contribution in [3.63, 3.8) is 0 Å². The van der Waals surface area contributed by atoms with Gasteiger partial charge < -0.3 is 4.74 Å². The van der Waals surface area contributed by atoms with E-state index in [1.807, 2.05) is 61.5 Å². The molecule has 126 valence electrons. The van der Waals surface area contributed by atoms with Crippen LogP contribution < -0.4 is 10.2 Å². The molecule has 0 fully saturated rings.